The van der Waals surface area contributed by atoms with Crippen molar-refractivity contribution in [2.24, 2.45) is 5.92 Å². The molecule has 3 heteroatoms. The van der Waals surface area contributed by atoms with E-state index in [9.17, 15) is 4.79 Å². The molecule has 0 aromatic carbocycles. The third-order valence-electron chi connectivity index (χ3n) is 4.31. The van der Waals surface area contributed by atoms with E-state index in [1.165, 1.54) is 64.2 Å². The van der Waals surface area contributed by atoms with Crippen LogP contribution in [0.3, 0.4) is 0 Å². The van der Waals surface area contributed by atoms with E-state index >= 15 is 0 Å². The Kier molecular flexibility index (Phi) is 16.1. The second-order valence-electron chi connectivity index (χ2n) is 6.41. The average Bonchev–Trinajstić information content (AvgIpc) is 2.53. The average molecular weight is 314 g/mol. The summed E-state index contributed by atoms with van der Waals surface area (Å²) in [5.41, 5.74) is 0. The summed E-state index contributed by atoms with van der Waals surface area (Å²) in [4.78, 5) is 11.6. The van der Waals surface area contributed by atoms with E-state index < -0.39 is 0 Å². The van der Waals surface area contributed by atoms with Gasteiger partial charge in [-0.15, -0.1) is 0 Å². The Balaban J connectivity index is 3.38. The molecule has 0 aromatic rings. The summed E-state index contributed by atoms with van der Waals surface area (Å²) in [6, 6.07) is 0. The lowest BCUT2D eigenvalue weighted by Crippen LogP contribution is -2.30. The maximum Gasteiger partial charge on any atom is 0.407 e. The monoisotopic (exact) mass is 313 g/mol. The number of ether oxygens (including phenoxy) is 1. The van der Waals surface area contributed by atoms with Crippen molar-refractivity contribution in [1.29, 1.82) is 0 Å². The van der Waals surface area contributed by atoms with Crippen LogP contribution in [0.4, 0.5) is 4.79 Å². The maximum absolute atomic E-state index is 11.6. The number of hydrogen-bond donors (Lipinski definition) is 1. The fourth-order valence-electron chi connectivity index (χ4n) is 2.62. The SMILES string of the molecule is CCCCCCCCCCOC(=O)NCC(CC)CCCC. The summed E-state index contributed by atoms with van der Waals surface area (Å²) >= 11 is 0. The van der Waals surface area contributed by atoms with E-state index in [1.54, 1.807) is 0 Å². The normalized spacial score (nSPS) is 12.1. The Labute approximate surface area is 138 Å². The Hall–Kier alpha value is -0.730. The molecule has 1 unspecified atom stereocenters. The molecule has 0 heterocycles. The van der Waals surface area contributed by atoms with Crippen molar-refractivity contribution in [3.8, 4) is 0 Å². The van der Waals surface area contributed by atoms with Crippen molar-refractivity contribution >= 4 is 6.09 Å². The molecule has 0 saturated heterocycles. The van der Waals surface area contributed by atoms with Gasteiger partial charge in [-0.3, -0.25) is 0 Å². The molecule has 0 aliphatic carbocycles. The van der Waals surface area contributed by atoms with Crippen LogP contribution in [0.2, 0.25) is 0 Å². The Morgan fingerprint density at radius 2 is 1.45 bits per heavy atom. The third kappa shape index (κ3) is 14.2. The summed E-state index contributed by atoms with van der Waals surface area (Å²) in [6.07, 6.45) is 14.7. The summed E-state index contributed by atoms with van der Waals surface area (Å²) in [7, 11) is 0. The fraction of sp³-hybridized carbons (Fsp3) is 0.947. The quantitative estimate of drug-likeness (QED) is 0.373. The van der Waals surface area contributed by atoms with Gasteiger partial charge >= 0.3 is 6.09 Å². The lowest BCUT2D eigenvalue weighted by atomic mass is 10.00. The van der Waals surface area contributed by atoms with Gasteiger partial charge in [-0.05, 0) is 18.8 Å². The molecule has 0 saturated carbocycles. The Morgan fingerprint density at radius 3 is 2.05 bits per heavy atom. The second kappa shape index (κ2) is 16.6. The van der Waals surface area contributed by atoms with Gasteiger partial charge < -0.3 is 10.1 Å². The van der Waals surface area contributed by atoms with Gasteiger partial charge in [0.05, 0.1) is 6.61 Å². The molecule has 0 spiro atoms. The number of nitrogens with one attached hydrogen (secondary N) is 1. The van der Waals surface area contributed by atoms with E-state index in [4.69, 9.17) is 4.74 Å². The Morgan fingerprint density at radius 1 is 0.864 bits per heavy atom. The minimum absolute atomic E-state index is 0.238. The zero-order chi connectivity index (χ0) is 16.5. The predicted octanol–water partition coefficient (Wildman–Crippen LogP) is 6.07. The van der Waals surface area contributed by atoms with Gasteiger partial charge in [0, 0.05) is 6.54 Å². The zero-order valence-electron chi connectivity index (χ0n) is 15.3. The molecule has 0 aliphatic rings. The zero-order valence-corrected chi connectivity index (χ0v) is 15.3. The van der Waals surface area contributed by atoms with Crippen LogP contribution in [0.1, 0.15) is 97.8 Å². The van der Waals surface area contributed by atoms with Crippen molar-refractivity contribution in [2.75, 3.05) is 13.2 Å². The van der Waals surface area contributed by atoms with E-state index in [0.717, 1.165) is 19.4 Å². The predicted molar refractivity (Wildman–Crippen MR) is 95.3 cm³/mol. The number of unbranched alkanes of at least 4 members (excludes halogenated alkanes) is 8. The lowest BCUT2D eigenvalue weighted by molar-refractivity contribution is 0.141. The number of carbonyl (C=O) groups is 1. The molecule has 1 N–H and O–H groups in total. The van der Waals surface area contributed by atoms with Crippen LogP contribution in [0.5, 0.6) is 0 Å². The molecule has 0 fully saturated rings. The van der Waals surface area contributed by atoms with Crippen LogP contribution >= 0.6 is 0 Å². The van der Waals surface area contributed by atoms with Crippen LogP contribution in [0.15, 0.2) is 0 Å². The molecule has 0 rings (SSSR count). The fourth-order valence-corrected chi connectivity index (χ4v) is 2.62. The van der Waals surface area contributed by atoms with Gasteiger partial charge in [-0.25, -0.2) is 4.79 Å². The highest BCUT2D eigenvalue weighted by Crippen LogP contribution is 2.11. The van der Waals surface area contributed by atoms with Crippen LogP contribution in [0.25, 0.3) is 0 Å². The lowest BCUT2D eigenvalue weighted by Gasteiger charge is -2.15. The highest BCUT2D eigenvalue weighted by atomic mass is 16.5. The van der Waals surface area contributed by atoms with Gasteiger partial charge in [-0.1, -0.05) is 85.0 Å². The van der Waals surface area contributed by atoms with Crippen molar-refractivity contribution in [3.63, 3.8) is 0 Å². The van der Waals surface area contributed by atoms with E-state index in [0.29, 0.717) is 12.5 Å². The molecule has 0 aliphatic heterocycles. The first-order chi connectivity index (χ1) is 10.7. The van der Waals surface area contributed by atoms with Crippen molar-refractivity contribution in [1.82, 2.24) is 5.32 Å². The van der Waals surface area contributed by atoms with Gasteiger partial charge in [0.25, 0.3) is 0 Å². The van der Waals surface area contributed by atoms with Gasteiger partial charge in [-0.2, -0.15) is 0 Å². The van der Waals surface area contributed by atoms with E-state index in [-0.39, 0.29) is 6.09 Å². The van der Waals surface area contributed by atoms with Gasteiger partial charge in [0.15, 0.2) is 0 Å². The van der Waals surface area contributed by atoms with Crippen LogP contribution < -0.4 is 5.32 Å². The first-order valence-electron chi connectivity index (χ1n) is 9.65. The molecular weight excluding hydrogens is 274 g/mol. The molecule has 0 aromatic heterocycles. The number of rotatable bonds is 15. The highest BCUT2D eigenvalue weighted by molar-refractivity contribution is 5.67. The van der Waals surface area contributed by atoms with Gasteiger partial charge in [0.2, 0.25) is 0 Å². The summed E-state index contributed by atoms with van der Waals surface area (Å²) in [6.45, 7) is 7.96. The smallest absolute Gasteiger partial charge is 0.407 e. The van der Waals surface area contributed by atoms with E-state index in [1.807, 2.05) is 0 Å². The summed E-state index contributed by atoms with van der Waals surface area (Å²) in [5, 5.41) is 2.91. The second-order valence-corrected chi connectivity index (χ2v) is 6.41. The minimum Gasteiger partial charge on any atom is -0.450 e. The standard InChI is InChI=1S/C19H39NO2/c1-4-7-9-10-11-12-13-14-16-22-19(21)20-17-18(6-3)15-8-5-2/h18H,4-17H2,1-3H3,(H,20,21). The number of hydrogen-bond acceptors (Lipinski definition) is 2. The summed E-state index contributed by atoms with van der Waals surface area (Å²) in [5.74, 6) is 0.593. The molecule has 1 atom stereocenters. The molecule has 0 bridgehead atoms. The highest BCUT2D eigenvalue weighted by Gasteiger charge is 2.08. The van der Waals surface area contributed by atoms with Crippen molar-refractivity contribution < 1.29 is 9.53 Å². The molecular formula is C19H39NO2. The first kappa shape index (κ1) is 21.3. The van der Waals surface area contributed by atoms with Crippen LogP contribution in [-0.4, -0.2) is 19.2 Å². The first-order valence-corrected chi connectivity index (χ1v) is 9.65. The topological polar surface area (TPSA) is 38.3 Å². The van der Waals surface area contributed by atoms with Crippen molar-refractivity contribution in [2.45, 2.75) is 97.8 Å². The molecule has 1 amide bonds. The van der Waals surface area contributed by atoms with Gasteiger partial charge in [0.1, 0.15) is 0 Å². The molecule has 132 valence electrons. The van der Waals surface area contributed by atoms with Crippen molar-refractivity contribution in [3.05, 3.63) is 0 Å². The molecule has 22 heavy (non-hydrogen) atoms. The number of alkyl carbamates (subject to hydrolysis) is 1. The molecule has 3 nitrogen and oxygen atoms in total. The number of carbonyl (C=O) groups excluding carboxylic acids is 1. The van der Waals surface area contributed by atoms with Crippen LogP contribution in [0, 0.1) is 5.92 Å². The maximum atomic E-state index is 11.6. The third-order valence-corrected chi connectivity index (χ3v) is 4.31. The number of amides is 1. The largest absolute Gasteiger partial charge is 0.450 e. The van der Waals surface area contributed by atoms with Crippen LogP contribution in [-0.2, 0) is 4.74 Å². The molecule has 0 radical (unpaired) electrons. The Bertz CT molecular complexity index is 244. The van der Waals surface area contributed by atoms with E-state index in [2.05, 4.69) is 26.1 Å². The summed E-state index contributed by atoms with van der Waals surface area (Å²) < 4.78 is 5.24. The minimum atomic E-state index is -0.238.